The average Bonchev–Trinajstić information content (AvgIpc) is 2.40. The van der Waals surface area contributed by atoms with Crippen LogP contribution in [0, 0.1) is 5.82 Å². The maximum Gasteiger partial charge on any atom is 0.137 e. The van der Waals surface area contributed by atoms with Crippen LogP contribution in [0.1, 0.15) is 5.56 Å². The van der Waals surface area contributed by atoms with Crippen LogP contribution in [0.25, 0.3) is 0 Å². The first-order valence-corrected chi connectivity index (χ1v) is 7.29. The second-order valence-electron chi connectivity index (χ2n) is 4.66. The molecule has 0 atom stereocenters. The van der Waals surface area contributed by atoms with Gasteiger partial charge in [0.05, 0.1) is 15.2 Å². The number of anilines is 2. The van der Waals surface area contributed by atoms with Crippen LogP contribution >= 0.6 is 27.5 Å². The van der Waals surface area contributed by atoms with Crippen molar-refractivity contribution in [2.24, 2.45) is 0 Å². The lowest BCUT2D eigenvalue weighted by Gasteiger charge is -2.15. The standard InChI is InChI=1S/C15H15BrClFN2/c1-20(2)15-6-4-11(8-13(15)17)19-9-10-3-5-12(16)14(18)7-10/h3-8,19H,9H2,1-2H3. The van der Waals surface area contributed by atoms with Gasteiger partial charge in [-0.2, -0.15) is 0 Å². The zero-order valence-corrected chi connectivity index (χ0v) is 13.6. The summed E-state index contributed by atoms with van der Waals surface area (Å²) in [4.78, 5) is 1.95. The summed E-state index contributed by atoms with van der Waals surface area (Å²) in [5, 5.41) is 3.91. The highest BCUT2D eigenvalue weighted by molar-refractivity contribution is 9.10. The number of benzene rings is 2. The molecule has 1 N–H and O–H groups in total. The topological polar surface area (TPSA) is 15.3 Å². The van der Waals surface area contributed by atoms with Crippen LogP contribution < -0.4 is 10.2 Å². The van der Waals surface area contributed by atoms with Gasteiger partial charge in [0, 0.05) is 26.3 Å². The monoisotopic (exact) mass is 356 g/mol. The fraction of sp³-hybridized carbons (Fsp3) is 0.200. The van der Waals surface area contributed by atoms with E-state index in [1.165, 1.54) is 6.07 Å². The minimum Gasteiger partial charge on any atom is -0.381 e. The molecule has 2 nitrogen and oxygen atoms in total. The summed E-state index contributed by atoms with van der Waals surface area (Å²) in [6.45, 7) is 0.543. The van der Waals surface area contributed by atoms with Crippen molar-refractivity contribution >= 4 is 38.9 Å². The van der Waals surface area contributed by atoms with Crippen molar-refractivity contribution in [2.45, 2.75) is 6.54 Å². The van der Waals surface area contributed by atoms with Crippen molar-refractivity contribution in [3.63, 3.8) is 0 Å². The number of nitrogens with one attached hydrogen (secondary N) is 1. The van der Waals surface area contributed by atoms with Gasteiger partial charge in [0.15, 0.2) is 0 Å². The van der Waals surface area contributed by atoms with Gasteiger partial charge in [0.2, 0.25) is 0 Å². The first-order chi connectivity index (χ1) is 9.47. The molecule has 0 heterocycles. The molecule has 2 aromatic carbocycles. The normalized spacial score (nSPS) is 10.4. The molecule has 0 radical (unpaired) electrons. The van der Waals surface area contributed by atoms with E-state index in [0.29, 0.717) is 16.0 Å². The Morgan fingerprint density at radius 1 is 1.20 bits per heavy atom. The van der Waals surface area contributed by atoms with Gasteiger partial charge in [-0.3, -0.25) is 0 Å². The van der Waals surface area contributed by atoms with Crippen molar-refractivity contribution in [3.8, 4) is 0 Å². The molecule has 0 spiro atoms. The highest BCUT2D eigenvalue weighted by Crippen LogP contribution is 2.27. The van der Waals surface area contributed by atoms with Crippen molar-refractivity contribution in [3.05, 3.63) is 57.3 Å². The van der Waals surface area contributed by atoms with Crippen molar-refractivity contribution in [1.29, 1.82) is 0 Å². The van der Waals surface area contributed by atoms with E-state index in [-0.39, 0.29) is 5.82 Å². The summed E-state index contributed by atoms with van der Waals surface area (Å²) in [5.74, 6) is -0.259. The maximum atomic E-state index is 13.4. The quantitative estimate of drug-likeness (QED) is 0.835. The van der Waals surface area contributed by atoms with Gasteiger partial charge < -0.3 is 10.2 Å². The Labute approximate surface area is 131 Å². The Hall–Kier alpha value is -1.26. The molecule has 0 aromatic heterocycles. The molecule has 0 amide bonds. The van der Waals surface area contributed by atoms with Gasteiger partial charge >= 0.3 is 0 Å². The minimum atomic E-state index is -0.259. The van der Waals surface area contributed by atoms with Gasteiger partial charge in [0.25, 0.3) is 0 Å². The molecule has 106 valence electrons. The molecular weight excluding hydrogens is 343 g/mol. The van der Waals surface area contributed by atoms with E-state index in [0.717, 1.165) is 16.9 Å². The van der Waals surface area contributed by atoms with Gasteiger partial charge in [-0.1, -0.05) is 17.7 Å². The molecular formula is C15H15BrClFN2. The van der Waals surface area contributed by atoms with Crippen LogP contribution in [0.5, 0.6) is 0 Å². The van der Waals surface area contributed by atoms with E-state index in [1.54, 1.807) is 6.07 Å². The van der Waals surface area contributed by atoms with E-state index in [9.17, 15) is 4.39 Å². The predicted molar refractivity (Wildman–Crippen MR) is 87.2 cm³/mol. The van der Waals surface area contributed by atoms with E-state index >= 15 is 0 Å². The molecule has 2 aromatic rings. The second-order valence-corrected chi connectivity index (χ2v) is 5.92. The SMILES string of the molecule is CN(C)c1ccc(NCc2ccc(Br)c(F)c2)cc1Cl. The van der Waals surface area contributed by atoms with Crippen LogP contribution in [0.3, 0.4) is 0 Å². The number of nitrogens with zero attached hydrogens (tertiary/aromatic N) is 1. The van der Waals surface area contributed by atoms with E-state index in [4.69, 9.17) is 11.6 Å². The van der Waals surface area contributed by atoms with Gasteiger partial charge in [-0.15, -0.1) is 0 Å². The Morgan fingerprint density at radius 3 is 2.55 bits per heavy atom. The van der Waals surface area contributed by atoms with Crippen LogP contribution in [-0.2, 0) is 6.54 Å². The molecule has 20 heavy (non-hydrogen) atoms. The molecule has 2 rings (SSSR count). The fourth-order valence-corrected chi connectivity index (χ4v) is 2.43. The Kier molecular flexibility index (Phi) is 4.89. The van der Waals surface area contributed by atoms with E-state index in [2.05, 4.69) is 21.2 Å². The van der Waals surface area contributed by atoms with Crippen molar-refractivity contribution in [2.75, 3.05) is 24.3 Å². The summed E-state index contributed by atoms with van der Waals surface area (Å²) >= 11 is 9.34. The zero-order chi connectivity index (χ0) is 14.7. The van der Waals surface area contributed by atoms with Crippen molar-refractivity contribution < 1.29 is 4.39 Å². The number of hydrogen-bond donors (Lipinski definition) is 1. The summed E-state index contributed by atoms with van der Waals surface area (Å²) in [5.41, 5.74) is 2.74. The van der Waals surface area contributed by atoms with Gasteiger partial charge in [-0.05, 0) is 51.8 Å². The highest BCUT2D eigenvalue weighted by atomic mass is 79.9. The van der Waals surface area contributed by atoms with Gasteiger partial charge in [-0.25, -0.2) is 4.39 Å². The lowest BCUT2D eigenvalue weighted by atomic mass is 10.2. The van der Waals surface area contributed by atoms with Crippen LogP contribution in [0.15, 0.2) is 40.9 Å². The summed E-state index contributed by atoms with van der Waals surface area (Å²) < 4.78 is 13.9. The molecule has 0 unspecified atom stereocenters. The number of rotatable bonds is 4. The lowest BCUT2D eigenvalue weighted by molar-refractivity contribution is 0.619. The first kappa shape index (κ1) is 15.1. The average molecular weight is 358 g/mol. The van der Waals surface area contributed by atoms with E-state index in [1.807, 2.05) is 43.3 Å². The first-order valence-electron chi connectivity index (χ1n) is 6.12. The van der Waals surface area contributed by atoms with Crippen molar-refractivity contribution in [1.82, 2.24) is 0 Å². The smallest absolute Gasteiger partial charge is 0.137 e. The minimum absolute atomic E-state index is 0.259. The molecule has 0 saturated carbocycles. The molecule has 0 aliphatic rings. The third kappa shape index (κ3) is 3.64. The highest BCUT2D eigenvalue weighted by Gasteiger charge is 2.04. The molecule has 0 aliphatic heterocycles. The van der Waals surface area contributed by atoms with Crippen LogP contribution in [-0.4, -0.2) is 14.1 Å². The second kappa shape index (κ2) is 6.46. The largest absolute Gasteiger partial charge is 0.381 e. The summed E-state index contributed by atoms with van der Waals surface area (Å²) in [6.07, 6.45) is 0. The summed E-state index contributed by atoms with van der Waals surface area (Å²) in [7, 11) is 3.89. The molecule has 0 aliphatic carbocycles. The lowest BCUT2D eigenvalue weighted by Crippen LogP contribution is -2.09. The number of hydrogen-bond acceptors (Lipinski definition) is 2. The Bertz CT molecular complexity index is 617. The Morgan fingerprint density at radius 2 is 1.95 bits per heavy atom. The maximum absolute atomic E-state index is 13.4. The van der Waals surface area contributed by atoms with Crippen LogP contribution in [0.2, 0.25) is 5.02 Å². The molecule has 0 bridgehead atoms. The van der Waals surface area contributed by atoms with Crippen LogP contribution in [0.4, 0.5) is 15.8 Å². The summed E-state index contributed by atoms with van der Waals surface area (Å²) in [6, 6.07) is 10.9. The number of halogens is 3. The van der Waals surface area contributed by atoms with E-state index < -0.39 is 0 Å². The predicted octanol–water partition coefficient (Wildman–Crippen LogP) is 4.92. The third-order valence-corrected chi connectivity index (χ3v) is 3.86. The fourth-order valence-electron chi connectivity index (χ4n) is 1.83. The third-order valence-electron chi connectivity index (χ3n) is 2.91. The molecule has 5 heteroatoms. The van der Waals surface area contributed by atoms with Gasteiger partial charge in [0.1, 0.15) is 5.82 Å². The molecule has 0 fully saturated rings. The Balaban J connectivity index is 2.07. The molecule has 0 saturated heterocycles. The zero-order valence-electron chi connectivity index (χ0n) is 11.3.